The summed E-state index contributed by atoms with van der Waals surface area (Å²) in [5.41, 5.74) is 0.489. The molecule has 3 nitrogen and oxygen atoms in total. The first kappa shape index (κ1) is 12.5. The van der Waals surface area contributed by atoms with Crippen LogP contribution in [0, 0.1) is 11.3 Å². The van der Waals surface area contributed by atoms with E-state index >= 15 is 0 Å². The number of rotatable bonds is 3. The van der Waals surface area contributed by atoms with E-state index in [4.69, 9.17) is 5.26 Å². The third kappa shape index (κ3) is 3.90. The van der Waals surface area contributed by atoms with E-state index in [0.29, 0.717) is 5.56 Å². The maximum absolute atomic E-state index is 11.9. The van der Waals surface area contributed by atoms with E-state index in [1.54, 1.807) is 22.9 Å². The smallest absolute Gasteiger partial charge is 0.336 e. The first-order valence-corrected chi connectivity index (χ1v) is 5.14. The van der Waals surface area contributed by atoms with E-state index in [0.717, 1.165) is 0 Å². The molecule has 0 radical (unpaired) electrons. The van der Waals surface area contributed by atoms with Gasteiger partial charge in [-0.15, -0.1) is 0 Å². The van der Waals surface area contributed by atoms with Gasteiger partial charge in [-0.05, 0) is 22.4 Å². The van der Waals surface area contributed by atoms with Gasteiger partial charge in [0.15, 0.2) is 0 Å². The summed E-state index contributed by atoms with van der Waals surface area (Å²) in [4.78, 5) is 10.9. The third-order valence-electron chi connectivity index (χ3n) is 1.67. The van der Waals surface area contributed by atoms with Crippen molar-refractivity contribution in [2.24, 2.45) is 0 Å². The Labute approximate surface area is 93.5 Å². The molecule has 86 valence electrons. The predicted molar refractivity (Wildman–Crippen MR) is 51.5 cm³/mol. The number of amides is 1. The number of nitrogens with one attached hydrogen (secondary N) is 1. The number of nitrogens with zero attached hydrogens (tertiary/aromatic N) is 1. The van der Waals surface area contributed by atoms with Crippen molar-refractivity contribution in [3.63, 3.8) is 0 Å². The summed E-state index contributed by atoms with van der Waals surface area (Å²) in [5, 5.41) is 14.0. The number of hydrogen-bond acceptors (Lipinski definition) is 3. The van der Waals surface area contributed by atoms with Crippen molar-refractivity contribution in [1.29, 1.82) is 5.26 Å². The Bertz CT molecular complexity index is 394. The van der Waals surface area contributed by atoms with Crippen LogP contribution in [-0.2, 0) is 4.79 Å². The monoisotopic (exact) mass is 248 g/mol. The van der Waals surface area contributed by atoms with E-state index in [-0.39, 0.29) is 0 Å². The quantitative estimate of drug-likeness (QED) is 0.892. The van der Waals surface area contributed by atoms with Crippen LogP contribution >= 0.6 is 11.3 Å². The zero-order valence-electron chi connectivity index (χ0n) is 7.91. The highest BCUT2D eigenvalue weighted by Crippen LogP contribution is 2.21. The predicted octanol–water partition coefficient (Wildman–Crippen LogP) is 2.38. The molecule has 0 fully saturated rings. The molecule has 1 rings (SSSR count). The van der Waals surface area contributed by atoms with Gasteiger partial charge in [0.1, 0.15) is 12.5 Å². The van der Waals surface area contributed by atoms with Crippen molar-refractivity contribution < 1.29 is 18.0 Å². The lowest BCUT2D eigenvalue weighted by atomic mass is 10.1. The molecule has 1 atom stereocenters. The highest BCUT2D eigenvalue weighted by molar-refractivity contribution is 7.08. The van der Waals surface area contributed by atoms with Crippen LogP contribution in [-0.4, -0.2) is 12.1 Å². The lowest BCUT2D eigenvalue weighted by molar-refractivity contribution is -0.154. The normalized spacial score (nSPS) is 12.9. The fourth-order valence-electron chi connectivity index (χ4n) is 1.02. The van der Waals surface area contributed by atoms with E-state index in [2.05, 4.69) is 0 Å². The summed E-state index contributed by atoms with van der Waals surface area (Å²) in [6.07, 6.45) is -6.13. The summed E-state index contributed by atoms with van der Waals surface area (Å²) < 4.78 is 35.6. The Hall–Kier alpha value is -1.55. The molecule has 1 aromatic heterocycles. The molecule has 0 aliphatic carbocycles. The lowest BCUT2D eigenvalue weighted by Gasteiger charge is -2.11. The number of thiophene rings is 1. The number of carbonyl (C=O) groups is 1. The van der Waals surface area contributed by atoms with Crippen molar-refractivity contribution in [3.05, 3.63) is 22.4 Å². The Morgan fingerprint density at radius 1 is 1.62 bits per heavy atom. The molecule has 0 spiro atoms. The van der Waals surface area contributed by atoms with Crippen LogP contribution in [0.3, 0.4) is 0 Å². The Morgan fingerprint density at radius 2 is 2.31 bits per heavy atom. The van der Waals surface area contributed by atoms with E-state index in [1.807, 2.05) is 5.32 Å². The van der Waals surface area contributed by atoms with Crippen molar-refractivity contribution >= 4 is 17.2 Å². The zero-order chi connectivity index (χ0) is 12.2. The number of carbonyl (C=O) groups excluding carboxylic acids is 1. The van der Waals surface area contributed by atoms with Gasteiger partial charge in [0.05, 0.1) is 6.07 Å². The first-order valence-electron chi connectivity index (χ1n) is 4.20. The molecule has 1 aromatic rings. The third-order valence-corrected chi connectivity index (χ3v) is 2.37. The van der Waals surface area contributed by atoms with Gasteiger partial charge in [-0.25, -0.2) is 0 Å². The Balaban J connectivity index is 2.59. The summed E-state index contributed by atoms with van der Waals surface area (Å²) >= 11 is 1.30. The van der Waals surface area contributed by atoms with Crippen LogP contribution in [0.5, 0.6) is 0 Å². The van der Waals surface area contributed by atoms with Crippen molar-refractivity contribution in [2.75, 3.05) is 0 Å². The number of nitriles is 1. The summed E-state index contributed by atoms with van der Waals surface area (Å²) in [6.45, 7) is 0. The van der Waals surface area contributed by atoms with Crippen molar-refractivity contribution in [2.45, 2.75) is 18.6 Å². The highest BCUT2D eigenvalue weighted by Gasteiger charge is 2.32. The highest BCUT2D eigenvalue weighted by atomic mass is 32.1. The Kier molecular flexibility index (Phi) is 3.90. The number of alkyl halides is 3. The average Bonchev–Trinajstić information content (AvgIpc) is 2.63. The summed E-state index contributed by atoms with van der Waals surface area (Å²) in [6, 6.07) is 2.28. The van der Waals surface area contributed by atoms with Gasteiger partial charge in [-0.2, -0.15) is 29.8 Å². The largest absolute Gasteiger partial charge is 0.397 e. The van der Waals surface area contributed by atoms with Crippen LogP contribution in [0.2, 0.25) is 0 Å². The maximum Gasteiger partial charge on any atom is 0.397 e. The zero-order valence-corrected chi connectivity index (χ0v) is 8.73. The Morgan fingerprint density at radius 3 is 2.75 bits per heavy atom. The van der Waals surface area contributed by atoms with Crippen LogP contribution in [0.25, 0.3) is 0 Å². The van der Waals surface area contributed by atoms with Gasteiger partial charge in [-0.3, -0.25) is 4.79 Å². The molecule has 0 saturated heterocycles. The molecule has 1 amide bonds. The SMILES string of the molecule is N#CC(NC(=O)CC(F)(F)F)c1ccsc1. The van der Waals surface area contributed by atoms with Crippen molar-refractivity contribution in [1.82, 2.24) is 5.32 Å². The molecule has 0 saturated carbocycles. The minimum atomic E-state index is -4.56. The van der Waals surface area contributed by atoms with Gasteiger partial charge < -0.3 is 5.32 Å². The second-order valence-corrected chi connectivity index (χ2v) is 3.76. The van der Waals surface area contributed by atoms with Crippen LogP contribution < -0.4 is 5.32 Å². The molecule has 7 heteroatoms. The molecular formula is C9H7F3N2OS. The fourth-order valence-corrected chi connectivity index (χ4v) is 1.71. The van der Waals surface area contributed by atoms with E-state index in [1.165, 1.54) is 11.3 Å². The maximum atomic E-state index is 11.9. The van der Waals surface area contributed by atoms with Crippen LogP contribution in [0.15, 0.2) is 16.8 Å². The molecule has 1 heterocycles. The topological polar surface area (TPSA) is 52.9 Å². The summed E-state index contributed by atoms with van der Waals surface area (Å²) in [7, 11) is 0. The first-order chi connectivity index (χ1) is 7.42. The minimum Gasteiger partial charge on any atom is -0.336 e. The molecule has 1 N–H and O–H groups in total. The van der Waals surface area contributed by atoms with Gasteiger partial charge in [0, 0.05) is 0 Å². The van der Waals surface area contributed by atoms with Gasteiger partial charge in [0.2, 0.25) is 5.91 Å². The molecule has 0 bridgehead atoms. The van der Waals surface area contributed by atoms with Crippen molar-refractivity contribution in [3.8, 4) is 6.07 Å². The van der Waals surface area contributed by atoms with E-state index < -0.39 is 24.5 Å². The average molecular weight is 248 g/mol. The van der Waals surface area contributed by atoms with Gasteiger partial charge in [0.25, 0.3) is 0 Å². The van der Waals surface area contributed by atoms with Crippen LogP contribution in [0.1, 0.15) is 18.0 Å². The van der Waals surface area contributed by atoms with Crippen LogP contribution in [0.4, 0.5) is 13.2 Å². The fraction of sp³-hybridized carbons (Fsp3) is 0.333. The second-order valence-electron chi connectivity index (χ2n) is 2.98. The molecule has 0 aliphatic heterocycles. The minimum absolute atomic E-state index is 0.489. The standard InChI is InChI=1S/C9H7F3N2OS/c10-9(11,12)3-8(15)14-7(4-13)6-1-2-16-5-6/h1-2,5,7H,3H2,(H,14,15). The molecule has 0 aromatic carbocycles. The molecule has 1 unspecified atom stereocenters. The summed E-state index contributed by atoms with van der Waals surface area (Å²) in [5.74, 6) is -1.20. The molecule has 0 aliphatic rings. The van der Waals surface area contributed by atoms with E-state index in [9.17, 15) is 18.0 Å². The second kappa shape index (κ2) is 4.99. The molecular weight excluding hydrogens is 241 g/mol. The lowest BCUT2D eigenvalue weighted by Crippen LogP contribution is -2.31. The number of halogens is 3. The van der Waals surface area contributed by atoms with Gasteiger partial charge in [-0.1, -0.05) is 0 Å². The molecule has 16 heavy (non-hydrogen) atoms. The van der Waals surface area contributed by atoms with Gasteiger partial charge >= 0.3 is 6.18 Å². The number of hydrogen-bond donors (Lipinski definition) is 1.